The van der Waals surface area contributed by atoms with Gasteiger partial charge < -0.3 is 10.2 Å². The van der Waals surface area contributed by atoms with Crippen LogP contribution in [0.2, 0.25) is 5.02 Å². The number of carbonyl (C=O) groups is 2. The van der Waals surface area contributed by atoms with Crippen molar-refractivity contribution in [1.29, 1.82) is 5.26 Å². The molecule has 1 N–H and O–H groups in total. The summed E-state index contributed by atoms with van der Waals surface area (Å²) in [5.41, 5.74) is 4.19. The third-order valence-corrected chi connectivity index (χ3v) is 6.65. The van der Waals surface area contributed by atoms with Crippen LogP contribution >= 0.6 is 11.6 Å². The number of carbonyl (C=O) groups excluding carboxylic acids is 2. The number of nitrogens with one attached hydrogen (secondary N) is 1. The standard InChI is InChI=1S/C26H24ClF2N3O2/c1-16-20(9-17-5-7-32(8-6-17)25(34)21-13-26(28,29)14-21)11-22(27)12-23(16)31-24(33)19-4-2-3-18(10-19)15-30/h2-4,9-12,21H,5-8,13-14H2,1H3,(H,31,33). The van der Waals surface area contributed by atoms with Gasteiger partial charge in [0.1, 0.15) is 0 Å². The molecule has 4 rings (SSSR count). The van der Waals surface area contributed by atoms with E-state index >= 15 is 0 Å². The highest BCUT2D eigenvalue weighted by Crippen LogP contribution is 2.43. The summed E-state index contributed by atoms with van der Waals surface area (Å²) in [6.45, 7) is 2.90. The van der Waals surface area contributed by atoms with E-state index in [0.29, 0.717) is 47.8 Å². The molecular formula is C26H24ClF2N3O2. The molecule has 2 aliphatic rings. The minimum absolute atomic E-state index is 0.172. The zero-order valence-corrected chi connectivity index (χ0v) is 19.5. The van der Waals surface area contributed by atoms with Crippen molar-refractivity contribution in [1.82, 2.24) is 4.90 Å². The molecule has 5 nitrogen and oxygen atoms in total. The Morgan fingerprint density at radius 3 is 2.56 bits per heavy atom. The van der Waals surface area contributed by atoms with E-state index < -0.39 is 11.8 Å². The molecule has 2 aromatic rings. The average Bonchev–Trinajstić information content (AvgIpc) is 2.80. The first kappa shape index (κ1) is 23.9. The lowest BCUT2D eigenvalue weighted by Gasteiger charge is -2.38. The molecule has 34 heavy (non-hydrogen) atoms. The first-order valence-corrected chi connectivity index (χ1v) is 11.5. The number of nitriles is 1. The van der Waals surface area contributed by atoms with Crippen LogP contribution in [-0.4, -0.2) is 35.7 Å². The van der Waals surface area contributed by atoms with Gasteiger partial charge in [-0.2, -0.15) is 5.26 Å². The molecule has 176 valence electrons. The summed E-state index contributed by atoms with van der Waals surface area (Å²) in [5.74, 6) is -3.77. The van der Waals surface area contributed by atoms with E-state index in [0.717, 1.165) is 16.7 Å². The summed E-state index contributed by atoms with van der Waals surface area (Å²) in [5, 5.41) is 12.4. The van der Waals surface area contributed by atoms with Gasteiger partial charge in [-0.3, -0.25) is 9.59 Å². The number of rotatable bonds is 4. The monoisotopic (exact) mass is 483 g/mol. The van der Waals surface area contributed by atoms with Crippen LogP contribution in [0.15, 0.2) is 42.0 Å². The molecule has 1 aliphatic heterocycles. The minimum Gasteiger partial charge on any atom is -0.342 e. The van der Waals surface area contributed by atoms with Crippen molar-refractivity contribution in [3.8, 4) is 6.07 Å². The van der Waals surface area contributed by atoms with Gasteiger partial charge in [-0.15, -0.1) is 0 Å². The van der Waals surface area contributed by atoms with Crippen LogP contribution in [0.5, 0.6) is 0 Å². The average molecular weight is 484 g/mol. The van der Waals surface area contributed by atoms with Crippen molar-refractivity contribution < 1.29 is 18.4 Å². The molecule has 0 spiro atoms. The Morgan fingerprint density at radius 2 is 1.91 bits per heavy atom. The van der Waals surface area contributed by atoms with Gasteiger partial charge >= 0.3 is 0 Å². The van der Waals surface area contributed by atoms with Crippen molar-refractivity contribution in [3.05, 3.63) is 69.2 Å². The molecule has 0 aromatic heterocycles. The van der Waals surface area contributed by atoms with Crippen molar-refractivity contribution in [2.75, 3.05) is 18.4 Å². The lowest BCUT2D eigenvalue weighted by molar-refractivity contribution is -0.160. The second-order valence-corrected chi connectivity index (χ2v) is 9.34. The molecule has 0 atom stereocenters. The van der Waals surface area contributed by atoms with Crippen LogP contribution in [0, 0.1) is 24.2 Å². The fraction of sp³-hybridized carbons (Fsp3) is 0.346. The van der Waals surface area contributed by atoms with Gasteiger partial charge in [-0.1, -0.05) is 29.3 Å². The third kappa shape index (κ3) is 5.28. The van der Waals surface area contributed by atoms with E-state index in [9.17, 15) is 18.4 Å². The number of nitrogens with zero attached hydrogens (tertiary/aromatic N) is 2. The number of amides is 2. The van der Waals surface area contributed by atoms with Gasteiger partial charge in [0.2, 0.25) is 11.8 Å². The Morgan fingerprint density at radius 1 is 1.21 bits per heavy atom. The minimum atomic E-state index is -2.70. The zero-order valence-electron chi connectivity index (χ0n) is 18.7. The van der Waals surface area contributed by atoms with E-state index in [1.54, 1.807) is 29.2 Å². The molecule has 1 saturated carbocycles. The molecule has 1 saturated heterocycles. The zero-order chi connectivity index (χ0) is 24.5. The molecule has 1 aliphatic carbocycles. The van der Waals surface area contributed by atoms with Gasteiger partial charge in [0, 0.05) is 48.1 Å². The number of anilines is 1. The van der Waals surface area contributed by atoms with Crippen LogP contribution in [-0.2, 0) is 4.79 Å². The maximum absolute atomic E-state index is 13.1. The molecule has 8 heteroatoms. The summed E-state index contributed by atoms with van der Waals surface area (Å²) in [6, 6.07) is 12.0. The normalized spacial score (nSPS) is 17.5. The summed E-state index contributed by atoms with van der Waals surface area (Å²) < 4.78 is 26.2. The fourth-order valence-corrected chi connectivity index (χ4v) is 4.60. The summed E-state index contributed by atoms with van der Waals surface area (Å²) in [7, 11) is 0. The van der Waals surface area contributed by atoms with Gasteiger partial charge in [0.05, 0.1) is 11.6 Å². The first-order chi connectivity index (χ1) is 16.1. The van der Waals surface area contributed by atoms with Crippen LogP contribution in [0.3, 0.4) is 0 Å². The molecule has 2 aromatic carbocycles. The number of hydrogen-bond acceptors (Lipinski definition) is 3. The van der Waals surface area contributed by atoms with Gasteiger partial charge in [-0.25, -0.2) is 8.78 Å². The number of halogens is 3. The van der Waals surface area contributed by atoms with Crippen molar-refractivity contribution in [2.24, 2.45) is 5.92 Å². The maximum atomic E-state index is 13.1. The lowest BCUT2D eigenvalue weighted by atomic mass is 9.80. The Kier molecular flexibility index (Phi) is 6.72. The highest BCUT2D eigenvalue weighted by Gasteiger charge is 2.49. The van der Waals surface area contributed by atoms with Crippen molar-refractivity contribution >= 4 is 35.2 Å². The Balaban J connectivity index is 1.44. The number of hydrogen-bond donors (Lipinski definition) is 1. The van der Waals surface area contributed by atoms with E-state index in [1.807, 2.05) is 25.1 Å². The van der Waals surface area contributed by atoms with E-state index in [1.165, 1.54) is 6.07 Å². The Bertz CT molecular complexity index is 1200. The topological polar surface area (TPSA) is 73.2 Å². The number of piperidine rings is 1. The fourth-order valence-electron chi connectivity index (χ4n) is 4.38. The van der Waals surface area contributed by atoms with Gasteiger partial charge in [-0.05, 0) is 61.2 Å². The predicted octanol–water partition coefficient (Wildman–Crippen LogP) is 5.82. The lowest BCUT2D eigenvalue weighted by Crippen LogP contribution is -2.48. The quantitative estimate of drug-likeness (QED) is 0.595. The molecular weight excluding hydrogens is 460 g/mol. The SMILES string of the molecule is Cc1c(C=C2CCN(C(=O)C3CC(F)(F)C3)CC2)cc(Cl)cc1NC(=O)c1cccc(C#N)c1. The van der Waals surface area contributed by atoms with Crippen LogP contribution in [0.25, 0.3) is 6.08 Å². The second-order valence-electron chi connectivity index (χ2n) is 8.90. The summed E-state index contributed by atoms with van der Waals surface area (Å²) >= 11 is 6.32. The molecule has 0 bridgehead atoms. The predicted molar refractivity (Wildman–Crippen MR) is 127 cm³/mol. The van der Waals surface area contributed by atoms with Crippen molar-refractivity contribution in [2.45, 2.75) is 38.5 Å². The van der Waals surface area contributed by atoms with E-state index in [-0.39, 0.29) is 24.7 Å². The Labute approximate surface area is 202 Å². The first-order valence-electron chi connectivity index (χ1n) is 11.1. The summed E-state index contributed by atoms with van der Waals surface area (Å²) in [4.78, 5) is 26.8. The van der Waals surface area contributed by atoms with Crippen LogP contribution < -0.4 is 5.32 Å². The molecule has 0 unspecified atom stereocenters. The highest BCUT2D eigenvalue weighted by atomic mass is 35.5. The number of alkyl halides is 2. The maximum Gasteiger partial charge on any atom is 0.255 e. The van der Waals surface area contributed by atoms with Crippen LogP contribution in [0.1, 0.15) is 52.7 Å². The van der Waals surface area contributed by atoms with Crippen LogP contribution in [0.4, 0.5) is 14.5 Å². The molecule has 0 radical (unpaired) electrons. The molecule has 2 fully saturated rings. The molecule has 1 heterocycles. The number of benzene rings is 2. The van der Waals surface area contributed by atoms with E-state index in [4.69, 9.17) is 16.9 Å². The Hall–Kier alpha value is -3.24. The summed E-state index contributed by atoms with van der Waals surface area (Å²) in [6.07, 6.45) is 2.64. The van der Waals surface area contributed by atoms with Gasteiger partial charge in [0.15, 0.2) is 0 Å². The number of likely N-dealkylation sites (tertiary alicyclic amines) is 1. The second kappa shape index (κ2) is 9.55. The van der Waals surface area contributed by atoms with Crippen molar-refractivity contribution in [3.63, 3.8) is 0 Å². The molecule has 2 amide bonds. The third-order valence-electron chi connectivity index (χ3n) is 6.43. The van der Waals surface area contributed by atoms with E-state index in [2.05, 4.69) is 5.32 Å². The largest absolute Gasteiger partial charge is 0.342 e. The van der Waals surface area contributed by atoms with Gasteiger partial charge in [0.25, 0.3) is 5.91 Å². The smallest absolute Gasteiger partial charge is 0.255 e. The highest BCUT2D eigenvalue weighted by molar-refractivity contribution is 6.31.